The highest BCUT2D eigenvalue weighted by molar-refractivity contribution is 5.86. The minimum absolute atomic E-state index is 0.109. The van der Waals surface area contributed by atoms with Gasteiger partial charge in [0.25, 0.3) is 0 Å². The molecule has 0 aliphatic carbocycles. The van der Waals surface area contributed by atoms with Crippen molar-refractivity contribution in [3.8, 4) is 22.6 Å². The number of hydrogen-bond acceptors (Lipinski definition) is 3. The van der Waals surface area contributed by atoms with Crippen molar-refractivity contribution in [1.82, 2.24) is 9.97 Å². The number of hydrogen-bond donors (Lipinski definition) is 1. The van der Waals surface area contributed by atoms with Gasteiger partial charge in [-0.25, -0.2) is 23.5 Å². The Morgan fingerprint density at radius 1 is 0.870 bits per heavy atom. The quantitative estimate of drug-likeness (QED) is 0.799. The van der Waals surface area contributed by atoms with E-state index in [1.165, 1.54) is 12.1 Å². The van der Waals surface area contributed by atoms with Gasteiger partial charge in [-0.2, -0.15) is 0 Å². The largest absolute Gasteiger partial charge is 0.477 e. The van der Waals surface area contributed by atoms with Crippen molar-refractivity contribution in [2.45, 2.75) is 0 Å². The highest BCUT2D eigenvalue weighted by Gasteiger charge is 2.11. The van der Waals surface area contributed by atoms with Gasteiger partial charge < -0.3 is 5.11 Å². The number of aromatic carboxylic acids is 1. The Morgan fingerprint density at radius 3 is 2.22 bits per heavy atom. The maximum Gasteiger partial charge on any atom is 0.354 e. The van der Waals surface area contributed by atoms with E-state index in [0.29, 0.717) is 17.1 Å². The fraction of sp³-hybridized carbons (Fsp3) is 0. The van der Waals surface area contributed by atoms with E-state index in [0.717, 1.165) is 12.1 Å². The van der Waals surface area contributed by atoms with Crippen LogP contribution in [0, 0.1) is 11.6 Å². The summed E-state index contributed by atoms with van der Waals surface area (Å²) >= 11 is 0. The zero-order valence-corrected chi connectivity index (χ0v) is 11.7. The lowest BCUT2D eigenvalue weighted by atomic mass is 10.1. The first-order chi connectivity index (χ1) is 11.0. The Hall–Kier alpha value is -3.15. The smallest absolute Gasteiger partial charge is 0.354 e. The minimum Gasteiger partial charge on any atom is -0.477 e. The summed E-state index contributed by atoms with van der Waals surface area (Å²) < 4.78 is 26.9. The maximum atomic E-state index is 13.9. The van der Waals surface area contributed by atoms with Gasteiger partial charge in [-0.3, -0.25) is 0 Å². The molecule has 0 radical (unpaired) electrons. The third-order valence-electron chi connectivity index (χ3n) is 3.19. The summed E-state index contributed by atoms with van der Waals surface area (Å²) in [5.74, 6) is -2.53. The van der Waals surface area contributed by atoms with Gasteiger partial charge in [-0.05, 0) is 36.4 Å². The number of aromatic nitrogens is 2. The van der Waals surface area contributed by atoms with E-state index in [-0.39, 0.29) is 11.3 Å². The summed E-state index contributed by atoms with van der Waals surface area (Å²) in [7, 11) is 0. The molecule has 1 N–H and O–H groups in total. The highest BCUT2D eigenvalue weighted by Crippen LogP contribution is 2.24. The number of nitrogens with zero attached hydrogens (tertiary/aromatic N) is 2. The zero-order chi connectivity index (χ0) is 16.4. The lowest BCUT2D eigenvalue weighted by Gasteiger charge is -2.06. The minimum atomic E-state index is -1.15. The Kier molecular flexibility index (Phi) is 3.80. The molecule has 0 amide bonds. The normalized spacial score (nSPS) is 10.5. The molecule has 0 aliphatic rings. The standard InChI is InChI=1S/C17H10F2N2O2/c18-10-7-8-11(12(19)9-10)13-3-1-4-14(20-13)15-5-2-6-16(21-15)17(22)23/h1-9H,(H,22,23). The van der Waals surface area contributed by atoms with Gasteiger partial charge in [0.15, 0.2) is 0 Å². The van der Waals surface area contributed by atoms with Crippen LogP contribution < -0.4 is 0 Å². The number of benzene rings is 1. The number of carboxylic acids is 1. The molecule has 0 aliphatic heterocycles. The Bertz CT molecular complexity index is 897. The van der Waals surface area contributed by atoms with Crippen molar-refractivity contribution in [3.05, 3.63) is 71.9 Å². The number of carbonyl (C=O) groups is 1. The average molecular weight is 312 g/mol. The van der Waals surface area contributed by atoms with Crippen LogP contribution in [0.3, 0.4) is 0 Å². The predicted octanol–water partition coefficient (Wildman–Crippen LogP) is 3.79. The van der Waals surface area contributed by atoms with Crippen molar-refractivity contribution in [2.75, 3.05) is 0 Å². The third-order valence-corrected chi connectivity index (χ3v) is 3.19. The van der Waals surface area contributed by atoms with Gasteiger partial charge >= 0.3 is 5.97 Å². The van der Waals surface area contributed by atoms with Crippen molar-refractivity contribution < 1.29 is 18.7 Å². The Labute approximate surface area is 130 Å². The second kappa shape index (κ2) is 5.92. The van der Waals surface area contributed by atoms with Gasteiger partial charge in [-0.1, -0.05) is 12.1 Å². The van der Waals surface area contributed by atoms with Crippen LogP contribution in [0.1, 0.15) is 10.5 Å². The van der Waals surface area contributed by atoms with Gasteiger partial charge in [0.1, 0.15) is 17.3 Å². The second-order valence-corrected chi connectivity index (χ2v) is 4.75. The van der Waals surface area contributed by atoms with Gasteiger partial charge in [0.2, 0.25) is 0 Å². The Balaban J connectivity index is 2.06. The zero-order valence-electron chi connectivity index (χ0n) is 11.7. The number of rotatable bonds is 3. The molecule has 0 fully saturated rings. The monoisotopic (exact) mass is 312 g/mol. The molecule has 2 aromatic heterocycles. The van der Waals surface area contributed by atoms with E-state index in [9.17, 15) is 13.6 Å². The molecular formula is C17H10F2N2O2. The van der Waals surface area contributed by atoms with Crippen molar-refractivity contribution in [3.63, 3.8) is 0 Å². The number of halogens is 2. The summed E-state index contributed by atoms with van der Waals surface area (Å²) in [6.07, 6.45) is 0. The van der Waals surface area contributed by atoms with Crippen molar-refractivity contribution in [2.24, 2.45) is 0 Å². The van der Waals surface area contributed by atoms with Gasteiger partial charge in [0, 0.05) is 11.6 Å². The van der Waals surface area contributed by atoms with E-state index in [2.05, 4.69) is 9.97 Å². The summed E-state index contributed by atoms with van der Waals surface area (Å²) in [5, 5.41) is 8.98. The summed E-state index contributed by atoms with van der Waals surface area (Å²) in [6.45, 7) is 0. The molecule has 114 valence electrons. The lowest BCUT2D eigenvalue weighted by molar-refractivity contribution is 0.0690. The molecule has 1 aromatic carbocycles. The molecule has 6 heteroatoms. The van der Waals surface area contributed by atoms with Crippen LogP contribution in [-0.4, -0.2) is 21.0 Å². The van der Waals surface area contributed by atoms with Gasteiger partial charge in [-0.15, -0.1) is 0 Å². The Morgan fingerprint density at radius 2 is 1.52 bits per heavy atom. The third kappa shape index (κ3) is 3.06. The first-order valence-corrected chi connectivity index (χ1v) is 6.68. The molecule has 3 aromatic rings. The van der Waals surface area contributed by atoms with Crippen molar-refractivity contribution >= 4 is 5.97 Å². The molecular weight excluding hydrogens is 302 g/mol. The van der Waals surface area contributed by atoms with Crippen LogP contribution in [0.5, 0.6) is 0 Å². The SMILES string of the molecule is O=C(O)c1cccc(-c2cccc(-c3ccc(F)cc3F)n2)n1. The fourth-order valence-electron chi connectivity index (χ4n) is 2.12. The van der Waals surface area contributed by atoms with Crippen LogP contribution in [0.15, 0.2) is 54.6 Å². The summed E-state index contributed by atoms with van der Waals surface area (Å²) in [6, 6.07) is 12.6. The van der Waals surface area contributed by atoms with Crippen LogP contribution in [0.4, 0.5) is 8.78 Å². The van der Waals surface area contributed by atoms with Crippen LogP contribution in [0.25, 0.3) is 22.6 Å². The first kappa shape index (κ1) is 14.8. The van der Waals surface area contributed by atoms with E-state index >= 15 is 0 Å². The van der Waals surface area contributed by atoms with Crippen LogP contribution >= 0.6 is 0 Å². The summed E-state index contributed by atoms with van der Waals surface area (Å²) in [4.78, 5) is 19.3. The molecule has 0 unspecified atom stereocenters. The predicted molar refractivity (Wildman–Crippen MR) is 79.8 cm³/mol. The molecule has 3 rings (SSSR count). The summed E-state index contributed by atoms with van der Waals surface area (Å²) in [5.41, 5.74) is 1.11. The fourth-order valence-corrected chi connectivity index (χ4v) is 2.12. The van der Waals surface area contributed by atoms with E-state index in [4.69, 9.17) is 5.11 Å². The molecule has 0 bridgehead atoms. The van der Waals surface area contributed by atoms with Crippen LogP contribution in [-0.2, 0) is 0 Å². The van der Waals surface area contributed by atoms with E-state index in [1.54, 1.807) is 30.3 Å². The molecule has 0 saturated heterocycles. The lowest BCUT2D eigenvalue weighted by Crippen LogP contribution is -2.01. The molecule has 4 nitrogen and oxygen atoms in total. The average Bonchev–Trinajstić information content (AvgIpc) is 2.55. The molecule has 2 heterocycles. The highest BCUT2D eigenvalue weighted by atomic mass is 19.1. The molecule has 0 saturated carbocycles. The first-order valence-electron chi connectivity index (χ1n) is 6.68. The van der Waals surface area contributed by atoms with Crippen LogP contribution in [0.2, 0.25) is 0 Å². The molecule has 0 atom stereocenters. The van der Waals surface area contributed by atoms with Crippen molar-refractivity contribution in [1.29, 1.82) is 0 Å². The van der Waals surface area contributed by atoms with Gasteiger partial charge in [0.05, 0.1) is 17.1 Å². The van der Waals surface area contributed by atoms with E-state index < -0.39 is 17.6 Å². The van der Waals surface area contributed by atoms with E-state index in [1.807, 2.05) is 0 Å². The number of pyridine rings is 2. The molecule has 23 heavy (non-hydrogen) atoms. The molecule has 0 spiro atoms. The number of carboxylic acid groups (broad SMARTS) is 1. The second-order valence-electron chi connectivity index (χ2n) is 4.75. The topological polar surface area (TPSA) is 63.1 Å². The maximum absolute atomic E-state index is 13.9.